The first kappa shape index (κ1) is 19.2. The van der Waals surface area contributed by atoms with Crippen molar-refractivity contribution < 1.29 is 9.59 Å². The van der Waals surface area contributed by atoms with Gasteiger partial charge in [-0.05, 0) is 63.1 Å². The number of rotatable bonds is 5. The summed E-state index contributed by atoms with van der Waals surface area (Å²) in [4.78, 5) is 27.4. The molecule has 5 nitrogen and oxygen atoms in total. The van der Waals surface area contributed by atoms with Crippen molar-refractivity contribution in [3.63, 3.8) is 0 Å². The predicted molar refractivity (Wildman–Crippen MR) is 110 cm³/mol. The van der Waals surface area contributed by atoms with Gasteiger partial charge in [0, 0.05) is 41.1 Å². The zero-order valence-corrected chi connectivity index (χ0v) is 16.3. The maximum absolute atomic E-state index is 12.7. The molecule has 1 aliphatic rings. The number of amides is 2. The highest BCUT2D eigenvalue weighted by atomic mass is 35.5. The highest BCUT2D eigenvalue weighted by molar-refractivity contribution is 6.31. The molecule has 0 radical (unpaired) electrons. The average Bonchev–Trinajstić information content (AvgIpc) is 3.15. The number of nitrogens with one attached hydrogen (secondary N) is 2. The minimum Gasteiger partial charge on any atom is -0.371 e. The number of halogens is 1. The highest BCUT2D eigenvalue weighted by Gasteiger charge is 2.21. The molecule has 142 valence electrons. The number of carbonyl (C=O) groups excluding carboxylic acids is 2. The third-order valence-corrected chi connectivity index (χ3v) is 4.69. The fraction of sp³-hybridized carbons (Fsp3) is 0.333. The van der Waals surface area contributed by atoms with Crippen molar-refractivity contribution in [3.05, 3.63) is 58.6 Å². The summed E-state index contributed by atoms with van der Waals surface area (Å²) in [5.41, 5.74) is 2.54. The third-order valence-electron chi connectivity index (χ3n) is 4.45. The quantitative estimate of drug-likeness (QED) is 0.805. The molecular weight excluding hydrogens is 362 g/mol. The van der Waals surface area contributed by atoms with Crippen molar-refractivity contribution in [2.45, 2.75) is 32.7 Å². The van der Waals surface area contributed by atoms with Crippen LogP contribution in [0.1, 0.15) is 47.4 Å². The Balaban J connectivity index is 1.87. The first-order valence-electron chi connectivity index (χ1n) is 9.21. The van der Waals surface area contributed by atoms with Crippen LogP contribution >= 0.6 is 11.6 Å². The van der Waals surface area contributed by atoms with Gasteiger partial charge in [-0.3, -0.25) is 9.59 Å². The summed E-state index contributed by atoms with van der Waals surface area (Å²) >= 11 is 5.96. The molecule has 1 saturated heterocycles. The van der Waals surface area contributed by atoms with Crippen LogP contribution in [-0.4, -0.2) is 30.9 Å². The Bertz CT molecular complexity index is 845. The van der Waals surface area contributed by atoms with E-state index in [9.17, 15) is 9.59 Å². The van der Waals surface area contributed by atoms with Gasteiger partial charge in [-0.25, -0.2) is 0 Å². The molecule has 27 heavy (non-hydrogen) atoms. The van der Waals surface area contributed by atoms with E-state index in [0.29, 0.717) is 21.8 Å². The van der Waals surface area contributed by atoms with Crippen molar-refractivity contribution >= 4 is 34.8 Å². The van der Waals surface area contributed by atoms with E-state index in [1.54, 1.807) is 30.3 Å². The molecule has 0 spiro atoms. The number of hydrogen-bond donors (Lipinski definition) is 2. The lowest BCUT2D eigenvalue weighted by Gasteiger charge is -2.22. The summed E-state index contributed by atoms with van der Waals surface area (Å²) in [7, 11) is 0. The van der Waals surface area contributed by atoms with Crippen LogP contribution < -0.4 is 15.5 Å². The predicted octanol–water partition coefficient (Wildman–Crippen LogP) is 4.33. The van der Waals surface area contributed by atoms with Crippen LogP contribution in [0.15, 0.2) is 42.5 Å². The monoisotopic (exact) mass is 385 g/mol. The van der Waals surface area contributed by atoms with Crippen LogP contribution in [0.5, 0.6) is 0 Å². The van der Waals surface area contributed by atoms with Gasteiger partial charge in [-0.1, -0.05) is 17.7 Å². The molecular formula is C21H24ClN3O2. The Kier molecular flexibility index (Phi) is 6.01. The second-order valence-corrected chi connectivity index (χ2v) is 7.46. The van der Waals surface area contributed by atoms with Crippen LogP contribution in [-0.2, 0) is 0 Å². The molecule has 0 atom stereocenters. The Hall–Kier alpha value is -2.53. The molecule has 0 saturated carbocycles. The number of nitrogens with zero attached hydrogens (tertiary/aromatic N) is 1. The van der Waals surface area contributed by atoms with E-state index in [1.165, 1.54) is 0 Å². The van der Waals surface area contributed by atoms with E-state index in [4.69, 9.17) is 11.6 Å². The largest absolute Gasteiger partial charge is 0.371 e. The molecule has 3 rings (SSSR count). The fourth-order valence-electron chi connectivity index (χ4n) is 3.20. The molecule has 0 unspecified atom stereocenters. The summed E-state index contributed by atoms with van der Waals surface area (Å²) < 4.78 is 0. The molecule has 2 aromatic rings. The average molecular weight is 386 g/mol. The minimum atomic E-state index is -0.262. The molecule has 2 N–H and O–H groups in total. The molecule has 0 aromatic heterocycles. The maximum Gasteiger partial charge on any atom is 0.255 e. The van der Waals surface area contributed by atoms with Crippen molar-refractivity contribution in [2.75, 3.05) is 23.3 Å². The summed E-state index contributed by atoms with van der Waals surface area (Å²) in [6.07, 6.45) is 2.25. The molecule has 2 amide bonds. The molecule has 0 aliphatic carbocycles. The smallest absolute Gasteiger partial charge is 0.255 e. The standard InChI is InChI=1S/C21H24ClN3O2/c1-14(2)23-21(27)18-13-17(8-9-19(18)25-10-3-4-11-25)24-20(26)15-6-5-7-16(22)12-15/h5-9,12-14H,3-4,10-11H2,1-2H3,(H,23,27)(H,24,26). The van der Waals surface area contributed by atoms with Crippen LogP contribution in [0.3, 0.4) is 0 Å². The second kappa shape index (κ2) is 8.44. The van der Waals surface area contributed by atoms with Gasteiger partial charge in [-0.2, -0.15) is 0 Å². The number of anilines is 2. The van der Waals surface area contributed by atoms with E-state index >= 15 is 0 Å². The third kappa shape index (κ3) is 4.80. The van der Waals surface area contributed by atoms with Gasteiger partial charge in [0.1, 0.15) is 0 Å². The Morgan fingerprint density at radius 2 is 1.78 bits per heavy atom. The second-order valence-electron chi connectivity index (χ2n) is 7.02. The first-order chi connectivity index (χ1) is 12.9. The lowest BCUT2D eigenvalue weighted by Crippen LogP contribution is -2.32. The van der Waals surface area contributed by atoms with Gasteiger partial charge in [0.2, 0.25) is 0 Å². The van der Waals surface area contributed by atoms with Crippen LogP contribution in [0.2, 0.25) is 5.02 Å². The molecule has 1 aliphatic heterocycles. The normalized spacial score (nSPS) is 13.7. The van der Waals surface area contributed by atoms with E-state index in [0.717, 1.165) is 31.6 Å². The lowest BCUT2D eigenvalue weighted by atomic mass is 10.1. The summed E-state index contributed by atoms with van der Waals surface area (Å²) in [5, 5.41) is 6.31. The van der Waals surface area contributed by atoms with E-state index in [2.05, 4.69) is 15.5 Å². The zero-order chi connectivity index (χ0) is 19.4. The highest BCUT2D eigenvalue weighted by Crippen LogP contribution is 2.28. The van der Waals surface area contributed by atoms with Crippen molar-refractivity contribution in [1.82, 2.24) is 5.32 Å². The van der Waals surface area contributed by atoms with Gasteiger partial charge < -0.3 is 15.5 Å². The van der Waals surface area contributed by atoms with Crippen molar-refractivity contribution in [2.24, 2.45) is 0 Å². The summed E-state index contributed by atoms with van der Waals surface area (Å²) in [6.45, 7) is 5.74. The maximum atomic E-state index is 12.7. The van der Waals surface area contributed by atoms with Crippen molar-refractivity contribution in [1.29, 1.82) is 0 Å². The van der Waals surface area contributed by atoms with Crippen LogP contribution in [0, 0.1) is 0 Å². The minimum absolute atomic E-state index is 0.0358. The molecule has 1 fully saturated rings. The zero-order valence-electron chi connectivity index (χ0n) is 15.6. The Labute approximate surface area is 164 Å². The van der Waals surface area contributed by atoms with Crippen LogP contribution in [0.4, 0.5) is 11.4 Å². The Morgan fingerprint density at radius 3 is 2.44 bits per heavy atom. The molecule has 1 heterocycles. The van der Waals surface area contributed by atoms with Gasteiger partial charge in [0.25, 0.3) is 11.8 Å². The van der Waals surface area contributed by atoms with E-state index < -0.39 is 0 Å². The van der Waals surface area contributed by atoms with Gasteiger partial charge >= 0.3 is 0 Å². The number of hydrogen-bond acceptors (Lipinski definition) is 3. The molecule has 6 heteroatoms. The van der Waals surface area contributed by atoms with E-state index in [1.807, 2.05) is 26.0 Å². The number of benzene rings is 2. The lowest BCUT2D eigenvalue weighted by molar-refractivity contribution is 0.0942. The summed E-state index contributed by atoms with van der Waals surface area (Å²) in [6, 6.07) is 12.3. The Morgan fingerprint density at radius 1 is 1.04 bits per heavy atom. The fourth-order valence-corrected chi connectivity index (χ4v) is 3.39. The molecule has 2 aromatic carbocycles. The van der Waals surface area contributed by atoms with Crippen LogP contribution in [0.25, 0.3) is 0 Å². The topological polar surface area (TPSA) is 61.4 Å². The van der Waals surface area contributed by atoms with Gasteiger partial charge in [0.15, 0.2) is 0 Å². The summed E-state index contributed by atoms with van der Waals surface area (Å²) in [5.74, 6) is -0.396. The van der Waals surface area contributed by atoms with Gasteiger partial charge in [0.05, 0.1) is 5.56 Å². The number of carbonyl (C=O) groups is 2. The van der Waals surface area contributed by atoms with Crippen molar-refractivity contribution in [3.8, 4) is 0 Å². The van der Waals surface area contributed by atoms with Gasteiger partial charge in [-0.15, -0.1) is 0 Å². The SMILES string of the molecule is CC(C)NC(=O)c1cc(NC(=O)c2cccc(Cl)c2)ccc1N1CCCC1. The molecule has 0 bridgehead atoms. The van der Waals surface area contributed by atoms with E-state index in [-0.39, 0.29) is 17.9 Å². The first-order valence-corrected chi connectivity index (χ1v) is 9.58.